The molecule has 168 valence electrons. The third-order valence-corrected chi connectivity index (χ3v) is 6.07. The van der Waals surface area contributed by atoms with E-state index in [1.165, 1.54) is 0 Å². The second kappa shape index (κ2) is 8.34. The highest BCUT2D eigenvalue weighted by Gasteiger charge is 2.43. The lowest BCUT2D eigenvalue weighted by Gasteiger charge is -2.37. The molecule has 1 aliphatic carbocycles. The normalized spacial score (nSPS) is 19.6. The van der Waals surface area contributed by atoms with Crippen molar-refractivity contribution < 1.29 is 19.4 Å². The summed E-state index contributed by atoms with van der Waals surface area (Å²) in [6.45, 7) is 8.24. The fourth-order valence-corrected chi connectivity index (χ4v) is 4.72. The Morgan fingerprint density at radius 3 is 2.66 bits per heavy atom. The summed E-state index contributed by atoms with van der Waals surface area (Å²) >= 11 is 0. The van der Waals surface area contributed by atoms with Crippen LogP contribution in [0.5, 0.6) is 11.5 Å². The SMILES string of the molecule is CCOc1cc(C2C3=C(CC(C)(C)CC3=O)Nc3ccccc3N2C(=O)CC)ccc1O. The van der Waals surface area contributed by atoms with E-state index < -0.39 is 6.04 Å². The number of phenolic OH excluding ortho intramolecular Hbond substituents is 1. The molecule has 6 heteroatoms. The smallest absolute Gasteiger partial charge is 0.227 e. The number of nitrogens with zero attached hydrogens (tertiary/aromatic N) is 1. The van der Waals surface area contributed by atoms with E-state index in [-0.39, 0.29) is 22.9 Å². The molecule has 0 saturated heterocycles. The number of carbonyl (C=O) groups excluding carboxylic acids is 2. The lowest BCUT2D eigenvalue weighted by Crippen LogP contribution is -2.39. The van der Waals surface area contributed by atoms with Gasteiger partial charge in [0.1, 0.15) is 0 Å². The van der Waals surface area contributed by atoms with Crippen molar-refractivity contribution in [2.45, 2.75) is 53.0 Å². The second-order valence-corrected chi connectivity index (χ2v) is 9.16. The molecule has 1 amide bonds. The zero-order chi connectivity index (χ0) is 23.0. The number of para-hydroxylation sites is 2. The molecule has 4 rings (SSSR count). The maximum atomic E-state index is 13.5. The van der Waals surface area contributed by atoms with E-state index >= 15 is 0 Å². The molecule has 2 aromatic carbocycles. The van der Waals surface area contributed by atoms with Gasteiger partial charge in [-0.25, -0.2) is 0 Å². The van der Waals surface area contributed by atoms with Crippen LogP contribution in [0.2, 0.25) is 0 Å². The quantitative estimate of drug-likeness (QED) is 0.679. The van der Waals surface area contributed by atoms with Crippen molar-refractivity contribution in [2.24, 2.45) is 5.41 Å². The number of hydrogen-bond acceptors (Lipinski definition) is 5. The number of nitrogens with one attached hydrogen (secondary N) is 1. The average Bonchev–Trinajstić information content (AvgIpc) is 2.88. The summed E-state index contributed by atoms with van der Waals surface area (Å²) in [6.07, 6.45) is 1.40. The number of amides is 1. The topological polar surface area (TPSA) is 78.9 Å². The van der Waals surface area contributed by atoms with Gasteiger partial charge in [-0.15, -0.1) is 0 Å². The first-order valence-electron chi connectivity index (χ1n) is 11.2. The number of Topliss-reactive ketones (excluding diaryl/α,β-unsaturated/α-hetero) is 1. The minimum Gasteiger partial charge on any atom is -0.504 e. The Kier molecular flexibility index (Phi) is 5.71. The molecular weight excluding hydrogens is 404 g/mol. The Morgan fingerprint density at radius 2 is 1.94 bits per heavy atom. The number of carbonyl (C=O) groups is 2. The fraction of sp³-hybridized carbons (Fsp3) is 0.385. The Balaban J connectivity index is 2.00. The van der Waals surface area contributed by atoms with E-state index in [0.717, 1.165) is 22.6 Å². The van der Waals surface area contributed by atoms with Gasteiger partial charge in [0.15, 0.2) is 17.3 Å². The van der Waals surface area contributed by atoms with Gasteiger partial charge in [-0.05, 0) is 48.6 Å². The van der Waals surface area contributed by atoms with Crippen molar-refractivity contribution in [3.63, 3.8) is 0 Å². The summed E-state index contributed by atoms with van der Waals surface area (Å²) in [7, 11) is 0. The molecule has 32 heavy (non-hydrogen) atoms. The van der Waals surface area contributed by atoms with Crippen LogP contribution in [0.4, 0.5) is 11.4 Å². The molecule has 0 saturated carbocycles. The van der Waals surface area contributed by atoms with Crippen molar-refractivity contribution >= 4 is 23.1 Å². The number of fused-ring (bicyclic) bond motifs is 1. The van der Waals surface area contributed by atoms with E-state index in [4.69, 9.17) is 4.74 Å². The molecule has 0 radical (unpaired) electrons. The van der Waals surface area contributed by atoms with Gasteiger partial charge in [0.2, 0.25) is 5.91 Å². The maximum absolute atomic E-state index is 13.5. The van der Waals surface area contributed by atoms with Crippen LogP contribution in [0, 0.1) is 5.41 Å². The second-order valence-electron chi connectivity index (χ2n) is 9.16. The van der Waals surface area contributed by atoms with Crippen LogP contribution in [-0.2, 0) is 9.59 Å². The first-order valence-corrected chi connectivity index (χ1v) is 11.2. The first-order chi connectivity index (χ1) is 15.3. The van der Waals surface area contributed by atoms with Gasteiger partial charge < -0.3 is 15.2 Å². The van der Waals surface area contributed by atoms with E-state index in [2.05, 4.69) is 19.2 Å². The van der Waals surface area contributed by atoms with Gasteiger partial charge in [-0.2, -0.15) is 0 Å². The zero-order valence-corrected chi connectivity index (χ0v) is 19.1. The molecule has 0 bridgehead atoms. The highest BCUT2D eigenvalue weighted by molar-refractivity contribution is 6.06. The molecule has 2 aliphatic rings. The van der Waals surface area contributed by atoms with Crippen molar-refractivity contribution in [3.05, 3.63) is 59.3 Å². The van der Waals surface area contributed by atoms with Crippen molar-refractivity contribution in [3.8, 4) is 11.5 Å². The standard InChI is InChI=1S/C26H30N2O4/c1-5-23(31)28-19-10-8-7-9-17(19)27-18-14-26(3,4)15-21(30)24(18)25(28)16-11-12-20(29)22(13-16)32-6-2/h7-13,25,27,29H,5-6,14-15H2,1-4H3. The summed E-state index contributed by atoms with van der Waals surface area (Å²) in [5, 5.41) is 13.7. The predicted molar refractivity (Wildman–Crippen MR) is 125 cm³/mol. The van der Waals surface area contributed by atoms with Crippen molar-refractivity contribution in [1.29, 1.82) is 0 Å². The maximum Gasteiger partial charge on any atom is 0.227 e. The summed E-state index contributed by atoms with van der Waals surface area (Å²) in [6, 6.07) is 12.1. The summed E-state index contributed by atoms with van der Waals surface area (Å²) in [5.74, 6) is 0.315. The van der Waals surface area contributed by atoms with Crippen LogP contribution in [0.3, 0.4) is 0 Å². The van der Waals surface area contributed by atoms with Crippen LogP contribution in [0.1, 0.15) is 58.6 Å². The number of anilines is 2. The number of rotatable bonds is 4. The van der Waals surface area contributed by atoms with Crippen LogP contribution in [0.15, 0.2) is 53.7 Å². The van der Waals surface area contributed by atoms with Gasteiger partial charge in [0.05, 0.1) is 24.0 Å². The molecule has 2 N–H and O–H groups in total. The Morgan fingerprint density at radius 1 is 1.19 bits per heavy atom. The Hall–Kier alpha value is -3.28. The third-order valence-electron chi connectivity index (χ3n) is 6.07. The van der Waals surface area contributed by atoms with Crippen LogP contribution >= 0.6 is 0 Å². The highest BCUT2D eigenvalue weighted by atomic mass is 16.5. The van der Waals surface area contributed by atoms with E-state index in [1.807, 2.05) is 38.1 Å². The fourth-order valence-electron chi connectivity index (χ4n) is 4.72. The minimum atomic E-state index is -0.614. The molecule has 1 atom stereocenters. The van der Waals surface area contributed by atoms with Crippen LogP contribution < -0.4 is 15.0 Å². The number of allylic oxidation sites excluding steroid dienone is 1. The van der Waals surface area contributed by atoms with Crippen molar-refractivity contribution in [1.82, 2.24) is 0 Å². The van der Waals surface area contributed by atoms with Crippen LogP contribution in [0.25, 0.3) is 0 Å². The van der Waals surface area contributed by atoms with Crippen LogP contribution in [-0.4, -0.2) is 23.4 Å². The largest absolute Gasteiger partial charge is 0.504 e. The molecule has 0 aromatic heterocycles. The molecule has 0 spiro atoms. The molecule has 0 fully saturated rings. The van der Waals surface area contributed by atoms with Gasteiger partial charge >= 0.3 is 0 Å². The lowest BCUT2D eigenvalue weighted by atomic mass is 9.73. The first kappa shape index (κ1) is 21.9. The average molecular weight is 435 g/mol. The number of ether oxygens (including phenoxy) is 1. The highest BCUT2D eigenvalue weighted by Crippen LogP contribution is 2.49. The minimum absolute atomic E-state index is 0.0291. The molecular formula is C26H30N2O4. The molecule has 6 nitrogen and oxygen atoms in total. The summed E-state index contributed by atoms with van der Waals surface area (Å²) in [5.41, 5.74) is 3.54. The Bertz CT molecular complexity index is 1100. The zero-order valence-electron chi connectivity index (χ0n) is 19.1. The molecule has 2 aromatic rings. The lowest BCUT2D eigenvalue weighted by molar-refractivity contribution is -0.119. The number of hydrogen-bond donors (Lipinski definition) is 2. The van der Waals surface area contributed by atoms with Gasteiger partial charge in [-0.3, -0.25) is 14.5 Å². The van der Waals surface area contributed by atoms with E-state index in [1.54, 1.807) is 23.1 Å². The molecule has 1 heterocycles. The number of benzene rings is 2. The number of aromatic hydroxyl groups is 1. The third kappa shape index (κ3) is 3.85. The van der Waals surface area contributed by atoms with Gasteiger partial charge in [0.25, 0.3) is 0 Å². The van der Waals surface area contributed by atoms with Crippen molar-refractivity contribution in [2.75, 3.05) is 16.8 Å². The van der Waals surface area contributed by atoms with E-state index in [9.17, 15) is 14.7 Å². The Labute approximate surface area is 188 Å². The monoisotopic (exact) mass is 434 g/mol. The van der Waals surface area contributed by atoms with Gasteiger partial charge in [0, 0.05) is 24.1 Å². The summed E-state index contributed by atoms with van der Waals surface area (Å²) in [4.78, 5) is 28.6. The van der Waals surface area contributed by atoms with E-state index in [0.29, 0.717) is 37.2 Å². The number of ketones is 1. The van der Waals surface area contributed by atoms with Gasteiger partial charge in [-0.1, -0.05) is 39.0 Å². The number of phenols is 1. The predicted octanol–water partition coefficient (Wildman–Crippen LogP) is 5.34. The molecule has 1 unspecified atom stereocenters. The molecule has 1 aliphatic heterocycles. The summed E-state index contributed by atoms with van der Waals surface area (Å²) < 4.78 is 5.62.